The van der Waals surface area contributed by atoms with Gasteiger partial charge in [-0.3, -0.25) is 14.6 Å². The van der Waals surface area contributed by atoms with Gasteiger partial charge in [0.2, 0.25) is 11.8 Å². The lowest BCUT2D eigenvalue weighted by Gasteiger charge is -2.36. The molecule has 8 nitrogen and oxygen atoms in total. The molecule has 1 aliphatic carbocycles. The molecule has 2 heterocycles. The van der Waals surface area contributed by atoms with Crippen LogP contribution in [-0.4, -0.2) is 64.1 Å². The number of rotatable bonds is 6. The Hall–Kier alpha value is -1.98. The van der Waals surface area contributed by atoms with E-state index < -0.39 is 5.54 Å². The number of aryl methyl sites for hydroxylation is 1. The second-order valence-electron chi connectivity index (χ2n) is 7.30. The van der Waals surface area contributed by atoms with E-state index in [0.717, 1.165) is 39.0 Å². The zero-order valence-electron chi connectivity index (χ0n) is 15.2. The van der Waals surface area contributed by atoms with Gasteiger partial charge < -0.3 is 9.84 Å². The maximum atomic E-state index is 12.3. The molecule has 1 aromatic rings. The fourth-order valence-corrected chi connectivity index (χ4v) is 3.36. The van der Waals surface area contributed by atoms with Crippen molar-refractivity contribution in [2.75, 3.05) is 32.7 Å². The summed E-state index contributed by atoms with van der Waals surface area (Å²) in [4.78, 5) is 21.0. The van der Waals surface area contributed by atoms with Gasteiger partial charge in [-0.05, 0) is 39.5 Å². The Labute approximate surface area is 148 Å². The summed E-state index contributed by atoms with van der Waals surface area (Å²) in [6.45, 7) is 9.33. The van der Waals surface area contributed by atoms with Crippen LogP contribution in [0.3, 0.4) is 0 Å². The number of carbonyl (C=O) groups is 1. The Kier molecular flexibility index (Phi) is 5.06. The van der Waals surface area contributed by atoms with Gasteiger partial charge in [-0.25, -0.2) is 0 Å². The maximum Gasteiger partial charge on any atom is 0.243 e. The summed E-state index contributed by atoms with van der Waals surface area (Å²) in [5, 5.41) is 16.1. The molecule has 1 aromatic heterocycles. The molecular formula is C17H26N6O2. The number of amides is 1. The fraction of sp³-hybridized carbons (Fsp3) is 0.765. The molecule has 1 saturated heterocycles. The second kappa shape index (κ2) is 7.10. The summed E-state index contributed by atoms with van der Waals surface area (Å²) in [7, 11) is 0. The summed E-state index contributed by atoms with van der Waals surface area (Å²) in [5.41, 5.74) is -0.719. The third kappa shape index (κ3) is 4.17. The highest BCUT2D eigenvalue weighted by Gasteiger charge is 2.43. The molecule has 1 aliphatic heterocycles. The highest BCUT2D eigenvalue weighted by Crippen LogP contribution is 2.39. The Morgan fingerprint density at radius 3 is 2.64 bits per heavy atom. The van der Waals surface area contributed by atoms with Gasteiger partial charge in [0.25, 0.3) is 0 Å². The fourth-order valence-electron chi connectivity index (χ4n) is 3.36. The number of nitrogens with one attached hydrogen (secondary N) is 1. The van der Waals surface area contributed by atoms with Gasteiger partial charge in [0.05, 0.1) is 18.7 Å². The predicted molar refractivity (Wildman–Crippen MR) is 90.3 cm³/mol. The van der Waals surface area contributed by atoms with Gasteiger partial charge in [0, 0.05) is 26.2 Å². The van der Waals surface area contributed by atoms with Crippen molar-refractivity contribution in [2.24, 2.45) is 5.92 Å². The molecular weight excluding hydrogens is 320 g/mol. The van der Waals surface area contributed by atoms with E-state index in [1.807, 2.05) is 13.8 Å². The Balaban J connectivity index is 1.46. The van der Waals surface area contributed by atoms with Crippen molar-refractivity contribution in [1.82, 2.24) is 25.3 Å². The van der Waals surface area contributed by atoms with Gasteiger partial charge in [-0.2, -0.15) is 10.2 Å². The summed E-state index contributed by atoms with van der Waals surface area (Å²) >= 11 is 0. The lowest BCUT2D eigenvalue weighted by Crippen LogP contribution is -2.53. The normalized spacial score (nSPS) is 22.8. The molecule has 1 amide bonds. The number of nitriles is 1. The van der Waals surface area contributed by atoms with Crippen molar-refractivity contribution in [3.63, 3.8) is 0 Å². The lowest BCUT2D eigenvalue weighted by molar-refractivity contribution is -0.124. The van der Waals surface area contributed by atoms with Gasteiger partial charge in [0.15, 0.2) is 5.82 Å². The molecule has 1 saturated carbocycles. The van der Waals surface area contributed by atoms with E-state index >= 15 is 0 Å². The lowest BCUT2D eigenvalue weighted by atomic mass is 9.98. The summed E-state index contributed by atoms with van der Waals surface area (Å²) in [6.07, 6.45) is 2.05. The smallest absolute Gasteiger partial charge is 0.243 e. The minimum atomic E-state index is -0.719. The first-order chi connectivity index (χ1) is 11.9. The average molecular weight is 346 g/mol. The monoisotopic (exact) mass is 346 g/mol. The van der Waals surface area contributed by atoms with E-state index in [2.05, 4.69) is 38.3 Å². The molecule has 2 aliphatic rings. The quantitative estimate of drug-likeness (QED) is 0.816. The molecule has 0 radical (unpaired) electrons. The number of piperazine rings is 1. The first-order valence-corrected chi connectivity index (χ1v) is 8.90. The standard InChI is InChI=1S/C17H26N6O2/c1-12(16-19-13(2)21-25-16)23-8-6-22(7-9-23)10-15(24)20-17(3,11-18)14-4-5-14/h12,14H,4-10H2,1-3H3,(H,20,24)/t12-,17-/m0/s1. The molecule has 25 heavy (non-hydrogen) atoms. The van der Waals surface area contributed by atoms with Crippen molar-refractivity contribution in [3.8, 4) is 6.07 Å². The van der Waals surface area contributed by atoms with E-state index in [9.17, 15) is 10.1 Å². The van der Waals surface area contributed by atoms with Crippen molar-refractivity contribution in [3.05, 3.63) is 11.7 Å². The zero-order chi connectivity index (χ0) is 18.0. The largest absolute Gasteiger partial charge is 0.338 e. The number of hydrogen-bond donors (Lipinski definition) is 1. The third-order valence-corrected chi connectivity index (χ3v) is 5.25. The van der Waals surface area contributed by atoms with Crippen LogP contribution in [-0.2, 0) is 4.79 Å². The van der Waals surface area contributed by atoms with Crippen LogP contribution in [0.15, 0.2) is 4.52 Å². The highest BCUT2D eigenvalue weighted by molar-refractivity contribution is 5.79. The van der Waals surface area contributed by atoms with Gasteiger partial charge in [-0.1, -0.05) is 5.16 Å². The van der Waals surface area contributed by atoms with Crippen molar-refractivity contribution in [1.29, 1.82) is 5.26 Å². The van der Waals surface area contributed by atoms with Crippen LogP contribution in [0.1, 0.15) is 44.4 Å². The topological polar surface area (TPSA) is 98.3 Å². The molecule has 2 fully saturated rings. The molecule has 0 aromatic carbocycles. The van der Waals surface area contributed by atoms with Crippen molar-refractivity contribution >= 4 is 5.91 Å². The number of nitrogens with zero attached hydrogens (tertiary/aromatic N) is 5. The van der Waals surface area contributed by atoms with E-state index in [1.165, 1.54) is 0 Å². The summed E-state index contributed by atoms with van der Waals surface area (Å²) in [6, 6.07) is 2.35. The number of carbonyl (C=O) groups excluding carboxylic acids is 1. The van der Waals surface area contributed by atoms with Gasteiger partial charge in [-0.15, -0.1) is 0 Å². The first kappa shape index (κ1) is 17.8. The minimum Gasteiger partial charge on any atom is -0.338 e. The van der Waals surface area contributed by atoms with Crippen LogP contribution >= 0.6 is 0 Å². The summed E-state index contributed by atoms with van der Waals surface area (Å²) < 4.78 is 5.26. The zero-order valence-corrected chi connectivity index (χ0v) is 15.2. The van der Waals surface area contributed by atoms with Gasteiger partial charge in [0.1, 0.15) is 5.54 Å². The second-order valence-corrected chi connectivity index (χ2v) is 7.30. The van der Waals surface area contributed by atoms with Crippen LogP contribution in [0.5, 0.6) is 0 Å². The average Bonchev–Trinajstić information content (AvgIpc) is 3.37. The minimum absolute atomic E-state index is 0.0648. The molecule has 0 spiro atoms. The summed E-state index contributed by atoms with van der Waals surface area (Å²) in [5.74, 6) is 1.52. The predicted octanol–water partition coefficient (Wildman–Crippen LogP) is 0.865. The van der Waals surface area contributed by atoms with Gasteiger partial charge >= 0.3 is 0 Å². The highest BCUT2D eigenvalue weighted by atomic mass is 16.5. The Morgan fingerprint density at radius 1 is 1.44 bits per heavy atom. The van der Waals surface area contributed by atoms with Crippen LogP contribution in [0, 0.1) is 24.2 Å². The van der Waals surface area contributed by atoms with Crippen LogP contribution in [0.2, 0.25) is 0 Å². The van der Waals surface area contributed by atoms with Crippen LogP contribution in [0.25, 0.3) is 0 Å². The molecule has 8 heteroatoms. The van der Waals surface area contributed by atoms with E-state index in [0.29, 0.717) is 24.2 Å². The van der Waals surface area contributed by atoms with Crippen molar-refractivity contribution < 1.29 is 9.32 Å². The molecule has 2 atom stereocenters. The first-order valence-electron chi connectivity index (χ1n) is 8.90. The molecule has 0 bridgehead atoms. The van der Waals surface area contributed by atoms with E-state index in [4.69, 9.17) is 4.52 Å². The maximum absolute atomic E-state index is 12.3. The Bertz CT molecular complexity index is 656. The molecule has 136 valence electrons. The number of hydrogen-bond acceptors (Lipinski definition) is 7. The van der Waals surface area contributed by atoms with Crippen LogP contribution < -0.4 is 5.32 Å². The third-order valence-electron chi connectivity index (χ3n) is 5.25. The molecule has 0 unspecified atom stereocenters. The van der Waals surface area contributed by atoms with E-state index in [-0.39, 0.29) is 11.9 Å². The molecule has 1 N–H and O–H groups in total. The number of aromatic nitrogens is 2. The Morgan fingerprint density at radius 2 is 2.12 bits per heavy atom. The molecule has 3 rings (SSSR count). The SMILES string of the molecule is Cc1noc([C@H](C)N2CCN(CC(=O)N[C@@](C)(C#N)C3CC3)CC2)n1. The van der Waals surface area contributed by atoms with E-state index in [1.54, 1.807) is 0 Å². The van der Waals surface area contributed by atoms with Crippen LogP contribution in [0.4, 0.5) is 0 Å². The van der Waals surface area contributed by atoms with Crippen molar-refractivity contribution in [2.45, 2.75) is 45.2 Å².